The van der Waals surface area contributed by atoms with E-state index in [0.29, 0.717) is 5.75 Å². The van der Waals surface area contributed by atoms with Gasteiger partial charge in [-0.2, -0.15) is 43.5 Å². The van der Waals surface area contributed by atoms with Gasteiger partial charge in [0.05, 0.1) is 17.9 Å². The van der Waals surface area contributed by atoms with Crippen LogP contribution in [0.5, 0.6) is 5.75 Å². The summed E-state index contributed by atoms with van der Waals surface area (Å²) < 4.78 is 159. The first-order valence-corrected chi connectivity index (χ1v) is 11.2. The fraction of sp³-hybridized carbons (Fsp3) is 0.333. The van der Waals surface area contributed by atoms with Crippen molar-refractivity contribution in [2.75, 3.05) is 7.11 Å². The predicted molar refractivity (Wildman–Crippen MR) is 100 cm³/mol. The number of methoxy groups -OCH3 is 1. The molecule has 190 valence electrons. The zero-order chi connectivity index (χ0) is 26.3. The van der Waals surface area contributed by atoms with Crippen LogP contribution in [0.1, 0.15) is 11.1 Å². The van der Waals surface area contributed by atoms with Gasteiger partial charge in [-0.3, -0.25) is 4.55 Å². The minimum atomic E-state index is -7.04. The molecule has 0 bridgehead atoms. The largest absolute Gasteiger partial charge is 0.497 e. The molecule has 6 nitrogen and oxygen atoms in total. The van der Waals surface area contributed by atoms with Crippen molar-refractivity contribution in [3.8, 4) is 5.75 Å². The maximum Gasteiger partial charge on any atom is 0.460 e. The number of ether oxygens (including phenoxy) is 2. The standard InChI is InChI=1S/C18H14F8O6S2/c1-10-3-6-13(33(27)12-7-4-11(31-2)5-8-12)9-14(10)15(19,20)16(21,22)32-17(23,24)18(25,26)34(28,29)30/h3-9H,1-2H3,(H,28,29,30). The third-order valence-corrected chi connectivity index (χ3v) is 6.59. The Labute approximate surface area is 189 Å². The first kappa shape index (κ1) is 27.9. The van der Waals surface area contributed by atoms with Crippen molar-refractivity contribution in [3.63, 3.8) is 0 Å². The van der Waals surface area contributed by atoms with Crippen LogP contribution in [0.4, 0.5) is 35.1 Å². The van der Waals surface area contributed by atoms with E-state index >= 15 is 0 Å². The summed E-state index contributed by atoms with van der Waals surface area (Å²) in [6.07, 6.45) is -13.2. The molecule has 0 aromatic heterocycles. The molecule has 0 amide bonds. The molecular weight excluding hydrogens is 528 g/mol. The van der Waals surface area contributed by atoms with Crippen LogP contribution in [0.3, 0.4) is 0 Å². The van der Waals surface area contributed by atoms with Crippen molar-refractivity contribution in [2.45, 2.75) is 40.1 Å². The number of rotatable bonds is 9. The first-order valence-electron chi connectivity index (χ1n) is 8.64. The highest BCUT2D eigenvalue weighted by Crippen LogP contribution is 2.51. The Morgan fingerprint density at radius 1 is 0.853 bits per heavy atom. The van der Waals surface area contributed by atoms with Gasteiger partial charge in [0.2, 0.25) is 0 Å². The van der Waals surface area contributed by atoms with Gasteiger partial charge in [0.15, 0.2) is 0 Å². The fourth-order valence-electron chi connectivity index (χ4n) is 2.48. The Kier molecular flexibility index (Phi) is 7.44. The lowest BCUT2D eigenvalue weighted by molar-refractivity contribution is -0.459. The van der Waals surface area contributed by atoms with Crippen LogP contribution in [-0.4, -0.2) is 41.8 Å². The van der Waals surface area contributed by atoms with Crippen LogP contribution in [0.25, 0.3) is 0 Å². The van der Waals surface area contributed by atoms with Gasteiger partial charge in [0.25, 0.3) is 0 Å². The maximum absolute atomic E-state index is 14.6. The van der Waals surface area contributed by atoms with Crippen molar-refractivity contribution >= 4 is 20.9 Å². The van der Waals surface area contributed by atoms with Crippen LogP contribution in [-0.2, 0) is 31.6 Å². The third-order valence-electron chi connectivity index (χ3n) is 4.32. The third kappa shape index (κ3) is 5.04. The van der Waals surface area contributed by atoms with Crippen molar-refractivity contribution in [2.24, 2.45) is 0 Å². The summed E-state index contributed by atoms with van der Waals surface area (Å²) in [4.78, 5) is -0.475. The van der Waals surface area contributed by atoms with Gasteiger partial charge in [0.1, 0.15) is 5.75 Å². The molecule has 0 saturated carbocycles. The number of alkyl halides is 8. The van der Waals surface area contributed by atoms with Crippen molar-refractivity contribution < 1.29 is 61.8 Å². The smallest absolute Gasteiger partial charge is 0.460 e. The van der Waals surface area contributed by atoms with Crippen molar-refractivity contribution in [3.05, 3.63) is 53.6 Å². The number of hydrogen-bond acceptors (Lipinski definition) is 5. The number of halogens is 8. The normalized spacial score (nSPS) is 14.7. The van der Waals surface area contributed by atoms with Crippen molar-refractivity contribution in [1.29, 1.82) is 0 Å². The summed E-state index contributed by atoms with van der Waals surface area (Å²) in [7, 11) is -7.95. The van der Waals surface area contributed by atoms with Crippen LogP contribution >= 0.6 is 0 Å². The fourth-order valence-corrected chi connectivity index (χ4v) is 3.90. The molecule has 34 heavy (non-hydrogen) atoms. The minimum absolute atomic E-state index is 0.0151. The summed E-state index contributed by atoms with van der Waals surface area (Å²) >= 11 is 0. The van der Waals surface area contributed by atoms with Crippen molar-refractivity contribution in [1.82, 2.24) is 0 Å². The summed E-state index contributed by atoms with van der Waals surface area (Å²) in [6, 6.07) is 7.32. The molecule has 0 aliphatic rings. The van der Waals surface area contributed by atoms with E-state index in [1.165, 1.54) is 31.4 Å². The highest BCUT2D eigenvalue weighted by atomic mass is 32.2. The van der Waals surface area contributed by atoms with E-state index in [4.69, 9.17) is 9.29 Å². The molecule has 0 spiro atoms. The molecule has 1 unspecified atom stereocenters. The molecule has 0 fully saturated rings. The average Bonchev–Trinajstić information content (AvgIpc) is 2.71. The topological polar surface area (TPSA) is 89.9 Å². The zero-order valence-corrected chi connectivity index (χ0v) is 18.5. The number of benzene rings is 2. The predicted octanol–water partition coefficient (Wildman–Crippen LogP) is 4.94. The van der Waals surface area contributed by atoms with Crippen LogP contribution in [0, 0.1) is 6.92 Å². The molecule has 2 aromatic carbocycles. The van der Waals surface area contributed by atoms with E-state index in [0.717, 1.165) is 19.1 Å². The van der Waals surface area contributed by atoms with E-state index in [2.05, 4.69) is 4.74 Å². The summed E-state index contributed by atoms with van der Waals surface area (Å²) in [5.74, 6) is -5.41. The quantitative estimate of drug-likeness (QED) is 0.357. The second-order valence-electron chi connectivity index (χ2n) is 6.62. The van der Waals surface area contributed by atoms with Gasteiger partial charge >= 0.3 is 33.5 Å². The molecule has 0 heterocycles. The lowest BCUT2D eigenvalue weighted by Crippen LogP contribution is -2.55. The van der Waals surface area contributed by atoms with Gasteiger partial charge < -0.3 is 4.74 Å². The summed E-state index contributed by atoms with van der Waals surface area (Å²) in [5.41, 5.74) is -2.38. The lowest BCUT2D eigenvalue weighted by atomic mass is 10.0. The molecule has 0 aliphatic carbocycles. The van der Waals surface area contributed by atoms with Gasteiger partial charge in [-0.1, -0.05) is 6.07 Å². The van der Waals surface area contributed by atoms with Gasteiger partial charge in [0, 0.05) is 15.4 Å². The van der Waals surface area contributed by atoms with E-state index in [-0.39, 0.29) is 11.0 Å². The highest BCUT2D eigenvalue weighted by molar-refractivity contribution is 7.87. The second-order valence-corrected chi connectivity index (χ2v) is 9.57. The molecule has 1 atom stereocenters. The molecule has 2 rings (SSSR count). The summed E-state index contributed by atoms with van der Waals surface area (Å²) in [5, 5.41) is -6.69. The highest BCUT2D eigenvalue weighted by Gasteiger charge is 2.74. The zero-order valence-electron chi connectivity index (χ0n) is 16.9. The van der Waals surface area contributed by atoms with Crippen LogP contribution in [0.15, 0.2) is 52.3 Å². The SMILES string of the molecule is COc1ccc(S(=O)c2ccc(C)c(C(F)(F)C(F)(F)OC(F)(F)C(F)(F)S(=O)(=O)O)c2)cc1. The van der Waals surface area contributed by atoms with E-state index in [9.17, 15) is 47.8 Å². The molecule has 2 aromatic rings. The monoisotopic (exact) mass is 542 g/mol. The van der Waals surface area contributed by atoms with Gasteiger partial charge in [-0.05, 0) is 48.9 Å². The van der Waals surface area contributed by atoms with Crippen LogP contribution in [0.2, 0.25) is 0 Å². The molecule has 0 saturated heterocycles. The Balaban J connectivity index is 2.49. The molecule has 1 N–H and O–H groups in total. The van der Waals surface area contributed by atoms with E-state index < -0.39 is 60.3 Å². The maximum atomic E-state index is 14.6. The van der Waals surface area contributed by atoms with E-state index in [1.807, 2.05) is 0 Å². The minimum Gasteiger partial charge on any atom is -0.497 e. The van der Waals surface area contributed by atoms with Crippen LogP contribution < -0.4 is 4.74 Å². The van der Waals surface area contributed by atoms with Gasteiger partial charge in [-0.25, -0.2) is 8.95 Å². The number of hydrogen-bond donors (Lipinski definition) is 1. The molecule has 0 aliphatic heterocycles. The lowest BCUT2D eigenvalue weighted by Gasteiger charge is -2.32. The Morgan fingerprint density at radius 2 is 1.35 bits per heavy atom. The van der Waals surface area contributed by atoms with Gasteiger partial charge in [-0.15, -0.1) is 0 Å². The summed E-state index contributed by atoms with van der Waals surface area (Å²) in [6.45, 7) is 0.838. The Hall–Kier alpha value is -2.30. The van der Waals surface area contributed by atoms with E-state index in [1.54, 1.807) is 0 Å². The second kappa shape index (κ2) is 9.05. The first-order chi connectivity index (χ1) is 15.3. The Bertz CT molecular complexity index is 1180. The number of aryl methyl sites for hydroxylation is 1. The molecular formula is C18H14F8O6S2. The molecule has 0 radical (unpaired) electrons. The Morgan fingerprint density at radius 3 is 1.82 bits per heavy atom. The molecule has 16 heteroatoms. The average molecular weight is 542 g/mol.